The molecule has 0 fully saturated rings. The molecule has 6 nitrogen and oxygen atoms in total. The van der Waals surface area contributed by atoms with Crippen LogP contribution in [-0.4, -0.2) is 37.8 Å². The number of nitrogens with one attached hydrogen (secondary N) is 1. The van der Waals surface area contributed by atoms with E-state index in [-0.39, 0.29) is 16.4 Å². The van der Waals surface area contributed by atoms with Crippen molar-refractivity contribution in [3.05, 3.63) is 29.2 Å². The Morgan fingerprint density at radius 1 is 1.42 bits per heavy atom. The van der Waals surface area contributed by atoms with Crippen molar-refractivity contribution in [1.82, 2.24) is 24.5 Å². The number of pyridine rings is 1. The molecule has 124 valence electrons. The van der Waals surface area contributed by atoms with Crippen molar-refractivity contribution in [2.45, 2.75) is 12.2 Å². The van der Waals surface area contributed by atoms with E-state index in [1.54, 1.807) is 12.3 Å². The Bertz CT molecular complexity index is 966. The van der Waals surface area contributed by atoms with Crippen LogP contribution in [0.25, 0.3) is 21.5 Å². The van der Waals surface area contributed by atoms with Gasteiger partial charge in [0.25, 0.3) is 5.91 Å². The average molecular weight is 374 g/mol. The van der Waals surface area contributed by atoms with E-state index < -0.39 is 24.7 Å². The summed E-state index contributed by atoms with van der Waals surface area (Å²) >= 11 is 7.33. The Balaban J connectivity index is 1.97. The molecular weight excluding hydrogens is 367 g/mol. The lowest BCUT2D eigenvalue weighted by Gasteiger charge is -2.26. The van der Waals surface area contributed by atoms with E-state index >= 15 is 0 Å². The van der Waals surface area contributed by atoms with Gasteiger partial charge in [-0.2, -0.15) is 22.6 Å². The molecule has 0 radical (unpaired) electrons. The van der Waals surface area contributed by atoms with E-state index in [9.17, 15) is 18.0 Å². The first-order valence-corrected chi connectivity index (χ1v) is 7.85. The van der Waals surface area contributed by atoms with E-state index in [4.69, 9.17) is 11.6 Å². The largest absolute Gasteiger partial charge is 0.412 e. The molecule has 1 aliphatic heterocycles. The summed E-state index contributed by atoms with van der Waals surface area (Å²) < 4.78 is 45.0. The molecule has 1 amide bonds. The van der Waals surface area contributed by atoms with Gasteiger partial charge in [-0.05, 0) is 17.6 Å². The maximum absolute atomic E-state index is 13.2. The number of carbonyl (C=O) groups excluding carboxylic acids is 1. The summed E-state index contributed by atoms with van der Waals surface area (Å²) in [7, 11) is 0. The molecule has 3 aromatic rings. The number of alkyl halides is 3. The van der Waals surface area contributed by atoms with Crippen LogP contribution >= 0.6 is 23.1 Å². The van der Waals surface area contributed by atoms with Crippen molar-refractivity contribution in [2.24, 2.45) is 0 Å². The first-order valence-electron chi connectivity index (χ1n) is 6.70. The van der Waals surface area contributed by atoms with Crippen LogP contribution in [0.3, 0.4) is 0 Å². The third kappa shape index (κ3) is 2.17. The molecule has 3 aromatic heterocycles. The zero-order valence-corrected chi connectivity index (χ0v) is 13.2. The SMILES string of the molecule is O=C1NCC(C(F)(F)F)n2nc(-c3ccnc4cnsc34)c(Cl)c21. The summed E-state index contributed by atoms with van der Waals surface area (Å²) in [5.41, 5.74) is 0.879. The van der Waals surface area contributed by atoms with Gasteiger partial charge in [0, 0.05) is 18.3 Å². The molecule has 0 bridgehead atoms. The van der Waals surface area contributed by atoms with E-state index in [1.807, 2.05) is 0 Å². The predicted molar refractivity (Wildman–Crippen MR) is 81.1 cm³/mol. The average Bonchev–Trinajstić information content (AvgIpc) is 3.11. The summed E-state index contributed by atoms with van der Waals surface area (Å²) in [6.45, 7) is -0.584. The van der Waals surface area contributed by atoms with Gasteiger partial charge < -0.3 is 5.32 Å². The number of hydrogen-bond donors (Lipinski definition) is 1. The molecule has 1 aliphatic rings. The van der Waals surface area contributed by atoms with Crippen LogP contribution in [0.5, 0.6) is 0 Å². The second-order valence-corrected chi connectivity index (χ2v) is 6.30. The Morgan fingerprint density at radius 2 is 2.21 bits per heavy atom. The van der Waals surface area contributed by atoms with Crippen LogP contribution in [0, 0.1) is 0 Å². The highest BCUT2D eigenvalue weighted by molar-refractivity contribution is 7.13. The molecule has 0 saturated carbocycles. The molecule has 0 saturated heterocycles. The maximum atomic E-state index is 13.2. The number of aromatic nitrogens is 4. The number of hydrogen-bond acceptors (Lipinski definition) is 5. The molecule has 4 rings (SSSR count). The van der Waals surface area contributed by atoms with Gasteiger partial charge in [0.1, 0.15) is 16.9 Å². The Hall–Kier alpha value is -2.20. The van der Waals surface area contributed by atoms with E-state index in [1.165, 1.54) is 6.20 Å². The Kier molecular flexibility index (Phi) is 3.29. The number of nitrogens with zero attached hydrogens (tertiary/aromatic N) is 4. The van der Waals surface area contributed by atoms with Gasteiger partial charge in [-0.3, -0.25) is 9.78 Å². The van der Waals surface area contributed by atoms with E-state index in [2.05, 4.69) is 19.8 Å². The van der Waals surface area contributed by atoms with Crippen LogP contribution in [-0.2, 0) is 0 Å². The third-order valence-electron chi connectivity index (χ3n) is 3.70. The first-order chi connectivity index (χ1) is 11.4. The lowest BCUT2D eigenvalue weighted by molar-refractivity contribution is -0.169. The smallest absolute Gasteiger partial charge is 0.348 e. The second kappa shape index (κ2) is 5.15. The van der Waals surface area contributed by atoms with E-state index in [0.29, 0.717) is 20.5 Å². The number of amides is 1. The molecule has 0 aliphatic carbocycles. The minimum atomic E-state index is -4.56. The Labute approximate surface area is 141 Å². The molecule has 0 aromatic carbocycles. The van der Waals surface area contributed by atoms with Crippen molar-refractivity contribution >= 4 is 39.3 Å². The van der Waals surface area contributed by atoms with Crippen LogP contribution in [0.4, 0.5) is 13.2 Å². The van der Waals surface area contributed by atoms with Gasteiger partial charge in [-0.15, -0.1) is 0 Å². The minimum Gasteiger partial charge on any atom is -0.348 e. The van der Waals surface area contributed by atoms with Gasteiger partial charge in [0.05, 0.1) is 15.9 Å². The van der Waals surface area contributed by atoms with Crippen molar-refractivity contribution in [1.29, 1.82) is 0 Å². The van der Waals surface area contributed by atoms with Crippen molar-refractivity contribution < 1.29 is 18.0 Å². The first kappa shape index (κ1) is 15.3. The lowest BCUT2D eigenvalue weighted by Crippen LogP contribution is -2.45. The number of fused-ring (bicyclic) bond motifs is 2. The fourth-order valence-corrected chi connectivity index (χ4v) is 3.63. The fourth-order valence-electron chi connectivity index (χ4n) is 2.60. The minimum absolute atomic E-state index is 0.106. The Morgan fingerprint density at radius 3 is 2.96 bits per heavy atom. The van der Waals surface area contributed by atoms with Crippen molar-refractivity contribution in [2.75, 3.05) is 6.54 Å². The van der Waals surface area contributed by atoms with Crippen LogP contribution < -0.4 is 5.32 Å². The highest BCUT2D eigenvalue weighted by Crippen LogP contribution is 2.40. The zero-order valence-electron chi connectivity index (χ0n) is 11.6. The monoisotopic (exact) mass is 373 g/mol. The topological polar surface area (TPSA) is 72.7 Å². The van der Waals surface area contributed by atoms with Crippen molar-refractivity contribution in [3.8, 4) is 11.3 Å². The quantitative estimate of drug-likeness (QED) is 0.711. The highest BCUT2D eigenvalue weighted by atomic mass is 35.5. The van der Waals surface area contributed by atoms with E-state index in [0.717, 1.165) is 11.5 Å². The normalized spacial score (nSPS) is 17.8. The lowest BCUT2D eigenvalue weighted by atomic mass is 10.1. The second-order valence-electron chi connectivity index (χ2n) is 5.12. The standard InChI is InChI=1S/C13H7ClF3N5OS/c14-8-9(5-1-2-18-6-3-20-24-11(5)6)21-22-7(13(15,16)17)4-19-12(23)10(8)22/h1-3,7H,4H2,(H,19,23). The predicted octanol–water partition coefficient (Wildman–Crippen LogP) is 3.06. The molecule has 11 heteroatoms. The molecular formula is C13H7ClF3N5OS. The molecule has 1 N–H and O–H groups in total. The molecule has 4 heterocycles. The molecule has 24 heavy (non-hydrogen) atoms. The number of halogens is 4. The van der Waals surface area contributed by atoms with Gasteiger partial charge in [0.2, 0.25) is 0 Å². The number of carbonyl (C=O) groups is 1. The van der Waals surface area contributed by atoms with Crippen molar-refractivity contribution in [3.63, 3.8) is 0 Å². The molecule has 0 spiro atoms. The zero-order chi connectivity index (χ0) is 17.1. The van der Waals surface area contributed by atoms with Crippen LogP contribution in [0.1, 0.15) is 16.5 Å². The molecule has 1 unspecified atom stereocenters. The maximum Gasteiger partial charge on any atom is 0.412 e. The molecule has 1 atom stereocenters. The fraction of sp³-hybridized carbons (Fsp3) is 0.231. The van der Waals surface area contributed by atoms with Gasteiger partial charge in [-0.25, -0.2) is 4.68 Å². The van der Waals surface area contributed by atoms with Gasteiger partial charge in [-0.1, -0.05) is 11.6 Å². The van der Waals surface area contributed by atoms with Gasteiger partial charge in [0.15, 0.2) is 6.04 Å². The summed E-state index contributed by atoms with van der Waals surface area (Å²) in [6, 6.07) is -0.378. The summed E-state index contributed by atoms with van der Waals surface area (Å²) in [5, 5.41) is 6.09. The van der Waals surface area contributed by atoms with Crippen LogP contribution in [0.2, 0.25) is 5.02 Å². The summed E-state index contributed by atoms with van der Waals surface area (Å²) in [4.78, 5) is 16.1. The van der Waals surface area contributed by atoms with Crippen LogP contribution in [0.15, 0.2) is 18.5 Å². The number of rotatable bonds is 1. The highest BCUT2D eigenvalue weighted by Gasteiger charge is 2.47. The third-order valence-corrected chi connectivity index (χ3v) is 4.88. The summed E-state index contributed by atoms with van der Waals surface area (Å²) in [6.07, 6.45) is -1.53. The summed E-state index contributed by atoms with van der Waals surface area (Å²) in [5.74, 6) is -0.686. The van der Waals surface area contributed by atoms with Gasteiger partial charge >= 0.3 is 6.18 Å².